The van der Waals surface area contributed by atoms with Crippen molar-refractivity contribution in [1.29, 1.82) is 0 Å². The van der Waals surface area contributed by atoms with Crippen LogP contribution in [0.25, 0.3) is 0 Å². The third-order valence-corrected chi connectivity index (χ3v) is 2.99. The summed E-state index contributed by atoms with van der Waals surface area (Å²) in [5.74, 6) is 0. The molecule has 0 spiro atoms. The maximum absolute atomic E-state index is 3.40. The van der Waals surface area contributed by atoms with Gasteiger partial charge in [-0.25, -0.2) is 10.4 Å². The molecule has 2 aliphatic rings. The van der Waals surface area contributed by atoms with Crippen molar-refractivity contribution in [3.63, 3.8) is 0 Å². The molecular weight excluding hydrogens is 148 g/mol. The van der Waals surface area contributed by atoms with Gasteiger partial charge in [0.15, 0.2) is 0 Å². The van der Waals surface area contributed by atoms with Gasteiger partial charge in [0.25, 0.3) is 0 Å². The summed E-state index contributed by atoms with van der Waals surface area (Å²) in [6.07, 6.45) is 1.18. The lowest BCUT2D eigenvalue weighted by Crippen LogP contribution is -2.22. The Hall–Kier alpha value is -0.860. The maximum atomic E-state index is 3.40. The van der Waals surface area contributed by atoms with Crippen LogP contribution in [-0.4, -0.2) is 11.6 Å². The van der Waals surface area contributed by atoms with Crippen molar-refractivity contribution in [3.05, 3.63) is 35.4 Å². The van der Waals surface area contributed by atoms with Crippen LogP contribution in [0.2, 0.25) is 0 Å². The summed E-state index contributed by atoms with van der Waals surface area (Å²) < 4.78 is 0. The van der Waals surface area contributed by atoms with Crippen LogP contribution in [0.1, 0.15) is 18.1 Å². The first-order valence-corrected chi connectivity index (χ1v) is 4.44. The molecule has 1 saturated heterocycles. The molecule has 1 aromatic rings. The van der Waals surface area contributed by atoms with Gasteiger partial charge in [-0.05, 0) is 24.5 Å². The van der Waals surface area contributed by atoms with Gasteiger partial charge in [0.2, 0.25) is 0 Å². The van der Waals surface area contributed by atoms with E-state index in [0.29, 0.717) is 0 Å². The van der Waals surface area contributed by atoms with Crippen LogP contribution >= 0.6 is 0 Å². The molecule has 2 heteroatoms. The van der Waals surface area contributed by atoms with Gasteiger partial charge in [-0.15, -0.1) is 0 Å². The van der Waals surface area contributed by atoms with E-state index in [2.05, 4.69) is 41.6 Å². The molecule has 0 bridgehead atoms. The summed E-state index contributed by atoms with van der Waals surface area (Å²) in [5.41, 5.74) is 6.51. The van der Waals surface area contributed by atoms with E-state index in [-0.39, 0.29) is 5.66 Å². The lowest BCUT2D eigenvalue weighted by atomic mass is 9.94. The minimum atomic E-state index is 0.162. The first kappa shape index (κ1) is 6.63. The third kappa shape index (κ3) is 0.667. The number of hydrogen-bond donors (Lipinski definition) is 1. The largest absolute Gasteiger partial charge is 0.228 e. The van der Waals surface area contributed by atoms with Crippen LogP contribution in [-0.2, 0) is 12.1 Å². The van der Waals surface area contributed by atoms with Gasteiger partial charge in [-0.1, -0.05) is 24.3 Å². The predicted octanol–water partition coefficient (Wildman–Crippen LogP) is 1.24. The number of rotatable bonds is 0. The van der Waals surface area contributed by atoms with Gasteiger partial charge >= 0.3 is 0 Å². The van der Waals surface area contributed by atoms with Gasteiger partial charge in [0.1, 0.15) is 5.66 Å². The molecule has 3 rings (SSSR count). The van der Waals surface area contributed by atoms with Crippen LogP contribution < -0.4 is 5.43 Å². The molecule has 2 nitrogen and oxygen atoms in total. The Balaban J connectivity index is 2.19. The van der Waals surface area contributed by atoms with Crippen molar-refractivity contribution >= 4 is 0 Å². The lowest BCUT2D eigenvalue weighted by Gasteiger charge is -2.19. The Labute approximate surface area is 72.2 Å². The molecule has 1 fully saturated rings. The predicted molar refractivity (Wildman–Crippen MR) is 47.3 cm³/mol. The Morgan fingerprint density at radius 2 is 2.25 bits per heavy atom. The summed E-state index contributed by atoms with van der Waals surface area (Å²) in [6, 6.07) is 8.70. The molecule has 1 aromatic carbocycles. The lowest BCUT2D eigenvalue weighted by molar-refractivity contribution is 0.406. The second-order valence-corrected chi connectivity index (χ2v) is 3.74. The molecule has 0 aliphatic carbocycles. The van der Waals surface area contributed by atoms with Crippen molar-refractivity contribution in [3.8, 4) is 0 Å². The van der Waals surface area contributed by atoms with Crippen LogP contribution in [0, 0.1) is 0 Å². The molecule has 2 unspecified atom stereocenters. The van der Waals surface area contributed by atoms with E-state index in [1.165, 1.54) is 17.5 Å². The molecular formula is C10H12N2. The number of benzene rings is 1. The number of fused-ring (bicyclic) bond motifs is 3. The van der Waals surface area contributed by atoms with Crippen LogP contribution in [0.5, 0.6) is 0 Å². The molecule has 2 atom stereocenters. The number of nitrogens with zero attached hydrogens (tertiary/aromatic N) is 1. The Morgan fingerprint density at radius 3 is 3.17 bits per heavy atom. The van der Waals surface area contributed by atoms with Crippen molar-refractivity contribution < 1.29 is 0 Å². The average Bonchev–Trinajstić information content (AvgIpc) is 2.78. The first-order chi connectivity index (χ1) is 5.81. The minimum Gasteiger partial charge on any atom is -0.228 e. The summed E-state index contributed by atoms with van der Waals surface area (Å²) in [5, 5.41) is 2.30. The zero-order valence-corrected chi connectivity index (χ0v) is 7.17. The highest BCUT2D eigenvalue weighted by Gasteiger charge is 2.51. The number of hydrazine groups is 1. The molecule has 0 aromatic heterocycles. The molecule has 2 heterocycles. The van der Waals surface area contributed by atoms with Crippen molar-refractivity contribution in [2.24, 2.45) is 0 Å². The van der Waals surface area contributed by atoms with Crippen LogP contribution in [0.4, 0.5) is 0 Å². The number of hydrogen-bond acceptors (Lipinski definition) is 2. The fourth-order valence-corrected chi connectivity index (χ4v) is 2.17. The second kappa shape index (κ2) is 1.90. The van der Waals surface area contributed by atoms with Crippen LogP contribution in [0.3, 0.4) is 0 Å². The van der Waals surface area contributed by atoms with E-state index in [1.54, 1.807) is 0 Å². The van der Waals surface area contributed by atoms with Gasteiger partial charge in [0, 0.05) is 6.54 Å². The van der Waals surface area contributed by atoms with Gasteiger partial charge in [0.05, 0.1) is 0 Å². The molecule has 0 radical (unpaired) electrons. The summed E-state index contributed by atoms with van der Waals surface area (Å²) in [4.78, 5) is 0. The monoisotopic (exact) mass is 160 g/mol. The molecule has 12 heavy (non-hydrogen) atoms. The van der Waals surface area contributed by atoms with Gasteiger partial charge in [-0.2, -0.15) is 0 Å². The third-order valence-electron chi connectivity index (χ3n) is 2.99. The summed E-state index contributed by atoms with van der Waals surface area (Å²) >= 11 is 0. The highest BCUT2D eigenvalue weighted by Crippen LogP contribution is 2.41. The van der Waals surface area contributed by atoms with E-state index in [9.17, 15) is 0 Å². The molecule has 2 aliphatic heterocycles. The van der Waals surface area contributed by atoms with Crippen molar-refractivity contribution in [2.45, 2.75) is 19.0 Å². The fraction of sp³-hybridized carbons (Fsp3) is 0.400. The highest BCUT2D eigenvalue weighted by molar-refractivity contribution is 5.38. The van der Waals surface area contributed by atoms with E-state index < -0.39 is 0 Å². The second-order valence-electron chi connectivity index (χ2n) is 3.74. The molecule has 1 N–H and O–H groups in total. The molecule has 0 saturated carbocycles. The van der Waals surface area contributed by atoms with Crippen LogP contribution in [0.15, 0.2) is 24.3 Å². The molecule has 0 amide bonds. The fourth-order valence-electron chi connectivity index (χ4n) is 2.17. The normalized spacial score (nSPS) is 36.9. The maximum Gasteiger partial charge on any atom is 0.120 e. The Morgan fingerprint density at radius 1 is 1.42 bits per heavy atom. The smallest absolute Gasteiger partial charge is 0.120 e. The SMILES string of the molecule is CC12NN1CCc1ccccc12. The van der Waals surface area contributed by atoms with E-state index in [0.717, 1.165) is 6.54 Å². The first-order valence-electron chi connectivity index (χ1n) is 4.44. The minimum absolute atomic E-state index is 0.162. The number of nitrogens with one attached hydrogen (secondary N) is 1. The Bertz CT molecular complexity index is 332. The zero-order chi connectivity index (χ0) is 8.18. The summed E-state index contributed by atoms with van der Waals surface area (Å²) in [6.45, 7) is 3.39. The standard InChI is InChI=1S/C10H12N2/c1-10-9-5-3-2-4-8(9)6-7-12(10)11-10/h2-5,11H,6-7H2,1H3. The van der Waals surface area contributed by atoms with E-state index in [1.807, 2.05) is 0 Å². The van der Waals surface area contributed by atoms with Gasteiger partial charge in [-0.3, -0.25) is 0 Å². The highest BCUT2D eigenvalue weighted by atomic mass is 15.8. The zero-order valence-electron chi connectivity index (χ0n) is 7.17. The molecule has 62 valence electrons. The van der Waals surface area contributed by atoms with Crippen molar-refractivity contribution in [1.82, 2.24) is 10.4 Å². The van der Waals surface area contributed by atoms with E-state index >= 15 is 0 Å². The Kier molecular flexibility index (Phi) is 1.05. The van der Waals surface area contributed by atoms with Gasteiger partial charge < -0.3 is 0 Å². The van der Waals surface area contributed by atoms with Crippen molar-refractivity contribution in [2.75, 3.05) is 6.54 Å². The average molecular weight is 160 g/mol. The summed E-state index contributed by atoms with van der Waals surface area (Å²) in [7, 11) is 0. The topological polar surface area (TPSA) is 25.0 Å². The van der Waals surface area contributed by atoms with E-state index in [4.69, 9.17) is 0 Å². The quantitative estimate of drug-likeness (QED) is 0.577.